The number of nitro groups is 1. The van der Waals surface area contributed by atoms with Gasteiger partial charge in [-0.3, -0.25) is 10.1 Å². The van der Waals surface area contributed by atoms with Gasteiger partial charge in [0.25, 0.3) is 0 Å². The second-order valence-electron chi connectivity index (χ2n) is 7.68. The number of methoxy groups -OCH3 is 3. The number of aryl methyl sites for hydroxylation is 1. The summed E-state index contributed by atoms with van der Waals surface area (Å²) in [5.74, 6) is 1.37. The highest BCUT2D eigenvalue weighted by atomic mass is 16.6. The fourth-order valence-corrected chi connectivity index (χ4v) is 3.70. The lowest BCUT2D eigenvalue weighted by atomic mass is 10.2. The molecule has 4 aromatic rings. The molecule has 0 saturated carbocycles. The number of nitrogens with zero attached hydrogens (tertiary/aromatic N) is 3. The number of urea groups is 1. The van der Waals surface area contributed by atoms with Gasteiger partial charge in [-0.2, -0.15) is 0 Å². The van der Waals surface area contributed by atoms with Crippen LogP contribution in [0.4, 0.5) is 22.1 Å². The van der Waals surface area contributed by atoms with E-state index in [1.807, 2.05) is 4.57 Å². The van der Waals surface area contributed by atoms with Crippen molar-refractivity contribution in [3.8, 4) is 23.1 Å². The van der Waals surface area contributed by atoms with Gasteiger partial charge in [0.2, 0.25) is 0 Å². The molecule has 12 heteroatoms. The number of furan rings is 1. The van der Waals surface area contributed by atoms with E-state index >= 15 is 0 Å². The maximum atomic E-state index is 12.6. The molecule has 0 fully saturated rings. The molecule has 4 rings (SSSR count). The molecule has 0 aliphatic heterocycles. The molecule has 0 aliphatic rings. The molecule has 2 amide bonds. The van der Waals surface area contributed by atoms with E-state index in [1.54, 1.807) is 50.6 Å². The van der Waals surface area contributed by atoms with Crippen molar-refractivity contribution in [1.82, 2.24) is 9.55 Å². The number of amides is 2. The molecule has 36 heavy (non-hydrogen) atoms. The van der Waals surface area contributed by atoms with Gasteiger partial charge in [-0.15, -0.1) is 0 Å². The summed E-state index contributed by atoms with van der Waals surface area (Å²) in [6.07, 6.45) is 0.671. The summed E-state index contributed by atoms with van der Waals surface area (Å²) in [6, 6.07) is 12.6. The maximum absolute atomic E-state index is 12.6. The zero-order chi connectivity index (χ0) is 25.7. The van der Waals surface area contributed by atoms with E-state index < -0.39 is 11.0 Å². The molecule has 2 heterocycles. The van der Waals surface area contributed by atoms with E-state index in [-0.39, 0.29) is 11.6 Å². The summed E-state index contributed by atoms with van der Waals surface area (Å²) in [5.41, 5.74) is 2.23. The normalized spacial score (nSPS) is 10.9. The summed E-state index contributed by atoms with van der Waals surface area (Å²) in [5, 5.41) is 16.6. The van der Waals surface area contributed by atoms with Gasteiger partial charge in [-0.1, -0.05) is 0 Å². The van der Waals surface area contributed by atoms with Crippen molar-refractivity contribution in [3.63, 3.8) is 0 Å². The highest BCUT2D eigenvalue weighted by Gasteiger charge is 2.21. The summed E-state index contributed by atoms with van der Waals surface area (Å²) >= 11 is 0. The average Bonchev–Trinajstić information content (AvgIpc) is 3.49. The van der Waals surface area contributed by atoms with Crippen LogP contribution >= 0.6 is 0 Å². The highest BCUT2D eigenvalue weighted by molar-refractivity contribution is 6.02. The minimum absolute atomic E-state index is 0.251. The number of rotatable bonds is 10. The Morgan fingerprint density at radius 2 is 1.86 bits per heavy atom. The van der Waals surface area contributed by atoms with Crippen LogP contribution in [0.2, 0.25) is 0 Å². The largest absolute Gasteiger partial charge is 0.497 e. The predicted molar refractivity (Wildman–Crippen MR) is 133 cm³/mol. The molecule has 0 spiro atoms. The van der Waals surface area contributed by atoms with Gasteiger partial charge < -0.3 is 33.8 Å². The number of imidazole rings is 1. The third-order valence-electron chi connectivity index (χ3n) is 5.39. The molecule has 2 aromatic heterocycles. The molecule has 0 atom stereocenters. The quantitative estimate of drug-likeness (QED) is 0.180. The van der Waals surface area contributed by atoms with Crippen LogP contribution in [0.1, 0.15) is 6.42 Å². The number of aromatic nitrogens is 2. The van der Waals surface area contributed by atoms with Gasteiger partial charge in [0.1, 0.15) is 16.4 Å². The molecule has 12 nitrogen and oxygen atoms in total. The Morgan fingerprint density at radius 1 is 1.08 bits per heavy atom. The number of anilines is 2. The van der Waals surface area contributed by atoms with Crippen LogP contribution in [-0.4, -0.2) is 48.4 Å². The Kier molecular flexibility index (Phi) is 7.35. The lowest BCUT2D eigenvalue weighted by Gasteiger charge is -2.13. The Bertz CT molecular complexity index is 1380. The number of carbonyl (C=O) groups is 1. The van der Waals surface area contributed by atoms with Crippen molar-refractivity contribution in [2.24, 2.45) is 0 Å². The van der Waals surface area contributed by atoms with Crippen LogP contribution in [0.25, 0.3) is 22.6 Å². The molecule has 2 aromatic carbocycles. The first-order valence-corrected chi connectivity index (χ1v) is 11.0. The second kappa shape index (κ2) is 10.8. The monoisotopic (exact) mass is 495 g/mol. The first kappa shape index (κ1) is 24.5. The van der Waals surface area contributed by atoms with Crippen molar-refractivity contribution in [2.75, 3.05) is 38.6 Å². The number of hydrogen-bond donors (Lipinski definition) is 2. The number of carbonyl (C=O) groups excluding carboxylic acids is 1. The Hall–Kier alpha value is -4.58. The SMILES string of the molecule is COCCCn1c(-c2ccc([N+](=O)[O-])o2)nc2cc(NC(=O)Nc3ccc(OC)cc3)c(OC)cc21. The van der Waals surface area contributed by atoms with Crippen LogP contribution in [0, 0.1) is 10.1 Å². The summed E-state index contributed by atoms with van der Waals surface area (Å²) in [6.45, 7) is 1.03. The van der Waals surface area contributed by atoms with E-state index in [0.29, 0.717) is 59.3 Å². The first-order valence-electron chi connectivity index (χ1n) is 11.0. The van der Waals surface area contributed by atoms with E-state index in [2.05, 4.69) is 15.6 Å². The first-order chi connectivity index (χ1) is 17.4. The Balaban J connectivity index is 1.67. The zero-order valence-electron chi connectivity index (χ0n) is 19.9. The van der Waals surface area contributed by atoms with Crippen molar-refractivity contribution >= 4 is 34.3 Å². The standard InChI is InChI=1S/C24H25N5O7/c1-33-12-4-11-28-19-14-21(35-3)18(27-24(30)25-15-5-7-16(34-2)8-6-15)13-17(19)26-23(28)20-9-10-22(36-20)29(31)32/h5-10,13-14H,4,11-12H2,1-3H3,(H2,25,27,30). The van der Waals surface area contributed by atoms with E-state index in [0.717, 1.165) is 0 Å². The molecule has 0 radical (unpaired) electrons. The molecule has 0 unspecified atom stereocenters. The summed E-state index contributed by atoms with van der Waals surface area (Å²) in [4.78, 5) is 27.8. The van der Waals surface area contributed by atoms with Gasteiger partial charge >= 0.3 is 11.9 Å². The topological polar surface area (TPSA) is 143 Å². The highest BCUT2D eigenvalue weighted by Crippen LogP contribution is 2.35. The van der Waals surface area contributed by atoms with Crippen LogP contribution in [0.15, 0.2) is 52.9 Å². The van der Waals surface area contributed by atoms with Crippen LogP contribution in [-0.2, 0) is 11.3 Å². The summed E-state index contributed by atoms with van der Waals surface area (Å²) in [7, 11) is 4.67. The third-order valence-corrected chi connectivity index (χ3v) is 5.39. The van der Waals surface area contributed by atoms with Gasteiger partial charge in [-0.05, 0) is 42.8 Å². The Morgan fingerprint density at radius 3 is 2.50 bits per heavy atom. The maximum Gasteiger partial charge on any atom is 0.433 e. The number of fused-ring (bicyclic) bond motifs is 1. The van der Waals surface area contributed by atoms with E-state index in [1.165, 1.54) is 19.2 Å². The molecule has 2 N–H and O–H groups in total. The number of hydrogen-bond acceptors (Lipinski definition) is 8. The number of ether oxygens (including phenoxy) is 3. The Labute approximate surface area is 205 Å². The number of nitrogens with one attached hydrogen (secondary N) is 2. The fourth-order valence-electron chi connectivity index (χ4n) is 3.70. The van der Waals surface area contributed by atoms with Gasteiger partial charge in [0.15, 0.2) is 11.6 Å². The predicted octanol–water partition coefficient (Wildman–Crippen LogP) is 4.90. The molecule has 0 aliphatic carbocycles. The van der Waals surface area contributed by atoms with E-state index in [9.17, 15) is 14.9 Å². The fraction of sp³-hybridized carbons (Fsp3) is 0.250. The van der Waals surface area contributed by atoms with Crippen molar-refractivity contribution in [3.05, 3.63) is 58.6 Å². The average molecular weight is 495 g/mol. The molecular formula is C24H25N5O7. The van der Waals surface area contributed by atoms with Gasteiger partial charge in [0.05, 0.1) is 37.0 Å². The van der Waals surface area contributed by atoms with Gasteiger partial charge in [-0.25, -0.2) is 9.78 Å². The second-order valence-corrected chi connectivity index (χ2v) is 7.68. The van der Waals surface area contributed by atoms with Crippen LogP contribution in [0.3, 0.4) is 0 Å². The third kappa shape index (κ3) is 5.23. The van der Waals surface area contributed by atoms with Crippen molar-refractivity contribution < 1.29 is 28.3 Å². The van der Waals surface area contributed by atoms with Crippen LogP contribution < -0.4 is 20.1 Å². The smallest absolute Gasteiger partial charge is 0.433 e. The molecule has 0 bridgehead atoms. The zero-order valence-corrected chi connectivity index (χ0v) is 19.9. The minimum atomic E-state index is -0.603. The molecular weight excluding hydrogens is 470 g/mol. The minimum Gasteiger partial charge on any atom is -0.497 e. The van der Waals surface area contributed by atoms with Crippen molar-refractivity contribution in [1.29, 1.82) is 0 Å². The van der Waals surface area contributed by atoms with Gasteiger partial charge in [0, 0.05) is 32.0 Å². The lowest BCUT2D eigenvalue weighted by Crippen LogP contribution is -2.19. The van der Waals surface area contributed by atoms with Crippen LogP contribution in [0.5, 0.6) is 11.5 Å². The van der Waals surface area contributed by atoms with Crippen molar-refractivity contribution in [2.45, 2.75) is 13.0 Å². The number of benzene rings is 2. The molecule has 188 valence electrons. The van der Waals surface area contributed by atoms with E-state index in [4.69, 9.17) is 18.6 Å². The summed E-state index contributed by atoms with van der Waals surface area (Å²) < 4.78 is 23.1. The lowest BCUT2D eigenvalue weighted by molar-refractivity contribution is -0.401. The molecule has 0 saturated heterocycles.